The Bertz CT molecular complexity index is 645. The normalized spacial score (nSPS) is 14.6. The quantitative estimate of drug-likeness (QED) is 0.938. The van der Waals surface area contributed by atoms with Crippen LogP contribution in [0.15, 0.2) is 24.3 Å². The maximum Gasteiger partial charge on any atom is 0.340 e. The molecule has 1 aromatic heterocycles. The van der Waals surface area contributed by atoms with E-state index in [2.05, 4.69) is 5.10 Å². The van der Waals surface area contributed by atoms with Gasteiger partial charge in [0.25, 0.3) is 0 Å². The Balaban J connectivity index is 2.14. The number of carbonyl (C=O) groups is 1. The zero-order chi connectivity index (χ0) is 13.6. The number of carboxylic acids is 1. The highest BCUT2D eigenvalue weighted by molar-refractivity contribution is 6.33. The third kappa shape index (κ3) is 2.22. The minimum absolute atomic E-state index is 0.110. The van der Waals surface area contributed by atoms with Crippen LogP contribution in [0.3, 0.4) is 0 Å². The summed E-state index contributed by atoms with van der Waals surface area (Å²) < 4.78 is 1.45. The Labute approximate surface area is 119 Å². The lowest BCUT2D eigenvalue weighted by Gasteiger charge is -2.02. The summed E-state index contributed by atoms with van der Waals surface area (Å²) in [5, 5.41) is 14.4. The summed E-state index contributed by atoms with van der Waals surface area (Å²) in [5.74, 6) is -0.815. The van der Waals surface area contributed by atoms with Crippen LogP contribution in [0.4, 0.5) is 0 Å². The second-order valence-corrected chi connectivity index (χ2v) is 5.31. The van der Waals surface area contributed by atoms with Crippen LogP contribution < -0.4 is 0 Å². The minimum Gasteiger partial charge on any atom is -0.478 e. The van der Waals surface area contributed by atoms with Crippen molar-refractivity contribution in [2.24, 2.45) is 0 Å². The molecule has 1 heterocycles. The molecule has 1 aliphatic rings. The molecule has 6 heteroatoms. The predicted octanol–water partition coefficient (Wildman–Crippen LogP) is 3.75. The smallest absolute Gasteiger partial charge is 0.340 e. The Morgan fingerprint density at radius 2 is 1.89 bits per heavy atom. The summed E-state index contributed by atoms with van der Waals surface area (Å²) in [5.41, 5.74) is 1.38. The molecule has 19 heavy (non-hydrogen) atoms. The largest absolute Gasteiger partial charge is 0.478 e. The molecule has 1 aliphatic carbocycles. The highest BCUT2D eigenvalue weighted by atomic mass is 35.5. The first-order chi connectivity index (χ1) is 9.08. The minimum atomic E-state index is -1.04. The molecule has 2 aromatic rings. The van der Waals surface area contributed by atoms with Gasteiger partial charge in [0, 0.05) is 10.9 Å². The summed E-state index contributed by atoms with van der Waals surface area (Å²) in [4.78, 5) is 11.3. The van der Waals surface area contributed by atoms with Gasteiger partial charge in [-0.25, -0.2) is 9.48 Å². The lowest BCUT2D eigenvalue weighted by atomic mass is 10.2. The maximum atomic E-state index is 11.3. The molecule has 4 nitrogen and oxygen atoms in total. The molecule has 0 spiro atoms. The molecule has 0 saturated heterocycles. The third-order valence-corrected chi connectivity index (χ3v) is 3.71. The standard InChI is InChI=1S/C13H10Cl2N2O2/c14-8-3-5-9(6-4-8)17-12(15)10(13(18)19)11(16-17)7-1-2-7/h3-7H,1-2H2,(H,18,19). The molecule has 98 valence electrons. The van der Waals surface area contributed by atoms with Crippen LogP contribution in [0.1, 0.15) is 34.8 Å². The van der Waals surface area contributed by atoms with Crippen LogP contribution in [0, 0.1) is 0 Å². The number of aromatic carboxylic acids is 1. The van der Waals surface area contributed by atoms with Crippen LogP contribution in [0.25, 0.3) is 5.69 Å². The van der Waals surface area contributed by atoms with E-state index in [-0.39, 0.29) is 16.6 Å². The number of halogens is 2. The second kappa shape index (κ2) is 4.54. The SMILES string of the molecule is O=C(O)c1c(C2CC2)nn(-c2ccc(Cl)cc2)c1Cl. The third-order valence-electron chi connectivity index (χ3n) is 3.11. The number of nitrogens with zero attached hydrogens (tertiary/aromatic N) is 2. The predicted molar refractivity (Wildman–Crippen MR) is 72.5 cm³/mol. The van der Waals surface area contributed by atoms with Gasteiger partial charge in [-0.3, -0.25) is 0 Å². The molecular weight excluding hydrogens is 287 g/mol. The van der Waals surface area contributed by atoms with E-state index in [1.807, 2.05) is 0 Å². The van der Waals surface area contributed by atoms with E-state index in [1.54, 1.807) is 24.3 Å². The molecular formula is C13H10Cl2N2O2. The van der Waals surface area contributed by atoms with Crippen molar-refractivity contribution in [2.75, 3.05) is 0 Å². The number of benzene rings is 1. The van der Waals surface area contributed by atoms with Crippen molar-refractivity contribution >= 4 is 29.2 Å². The van der Waals surface area contributed by atoms with Crippen LogP contribution in [0.5, 0.6) is 0 Å². The topological polar surface area (TPSA) is 55.1 Å². The summed E-state index contributed by atoms with van der Waals surface area (Å²) in [6.45, 7) is 0. The number of hydrogen-bond acceptors (Lipinski definition) is 2. The van der Waals surface area contributed by atoms with Crippen molar-refractivity contribution in [3.05, 3.63) is 45.7 Å². The highest BCUT2D eigenvalue weighted by Gasteiger charge is 2.34. The van der Waals surface area contributed by atoms with Crippen molar-refractivity contribution in [2.45, 2.75) is 18.8 Å². The van der Waals surface area contributed by atoms with E-state index in [9.17, 15) is 9.90 Å². The van der Waals surface area contributed by atoms with Crippen LogP contribution in [-0.2, 0) is 0 Å². The molecule has 0 amide bonds. The van der Waals surface area contributed by atoms with Crippen LogP contribution >= 0.6 is 23.2 Å². The molecule has 1 saturated carbocycles. The molecule has 0 unspecified atom stereocenters. The summed E-state index contributed by atoms with van der Waals surface area (Å²) >= 11 is 12.0. The van der Waals surface area contributed by atoms with E-state index < -0.39 is 5.97 Å². The van der Waals surface area contributed by atoms with E-state index in [0.29, 0.717) is 16.4 Å². The van der Waals surface area contributed by atoms with E-state index in [1.165, 1.54) is 4.68 Å². The van der Waals surface area contributed by atoms with Gasteiger partial charge in [0.2, 0.25) is 0 Å². The Kier molecular flexibility index (Phi) is 2.99. The van der Waals surface area contributed by atoms with Crippen molar-refractivity contribution in [1.82, 2.24) is 9.78 Å². The first kappa shape index (κ1) is 12.5. The summed E-state index contributed by atoms with van der Waals surface area (Å²) in [7, 11) is 0. The Morgan fingerprint density at radius 1 is 1.26 bits per heavy atom. The number of rotatable bonds is 3. The second-order valence-electron chi connectivity index (χ2n) is 4.52. The highest BCUT2D eigenvalue weighted by Crippen LogP contribution is 2.43. The van der Waals surface area contributed by atoms with Crippen LogP contribution in [0.2, 0.25) is 10.2 Å². The van der Waals surface area contributed by atoms with Gasteiger partial charge in [-0.1, -0.05) is 23.2 Å². The number of carboxylic acid groups (broad SMARTS) is 1. The van der Waals surface area contributed by atoms with Crippen LogP contribution in [-0.4, -0.2) is 20.9 Å². The first-order valence-corrected chi connectivity index (χ1v) is 6.61. The zero-order valence-corrected chi connectivity index (χ0v) is 11.3. The van der Waals surface area contributed by atoms with Crippen molar-refractivity contribution < 1.29 is 9.90 Å². The molecule has 1 N–H and O–H groups in total. The van der Waals surface area contributed by atoms with Gasteiger partial charge < -0.3 is 5.11 Å². The molecule has 0 radical (unpaired) electrons. The molecule has 1 aromatic carbocycles. The molecule has 3 rings (SSSR count). The lowest BCUT2D eigenvalue weighted by Crippen LogP contribution is -1.99. The molecule has 1 fully saturated rings. The van der Waals surface area contributed by atoms with Crippen molar-refractivity contribution in [3.8, 4) is 5.69 Å². The fourth-order valence-electron chi connectivity index (χ4n) is 2.01. The van der Waals surface area contributed by atoms with Gasteiger partial charge in [0.1, 0.15) is 10.7 Å². The Hall–Kier alpha value is -1.52. The van der Waals surface area contributed by atoms with E-state index in [4.69, 9.17) is 23.2 Å². The van der Waals surface area contributed by atoms with Gasteiger partial charge in [-0.15, -0.1) is 0 Å². The van der Waals surface area contributed by atoms with Crippen molar-refractivity contribution in [3.63, 3.8) is 0 Å². The summed E-state index contributed by atoms with van der Waals surface area (Å²) in [6.07, 6.45) is 1.93. The maximum absolute atomic E-state index is 11.3. The van der Waals surface area contributed by atoms with Gasteiger partial charge in [-0.2, -0.15) is 5.10 Å². The average molecular weight is 297 g/mol. The van der Waals surface area contributed by atoms with Gasteiger partial charge >= 0.3 is 5.97 Å². The number of hydrogen-bond donors (Lipinski definition) is 1. The zero-order valence-electron chi connectivity index (χ0n) is 9.81. The molecule has 0 aliphatic heterocycles. The molecule has 0 bridgehead atoms. The van der Waals surface area contributed by atoms with Gasteiger partial charge in [0.15, 0.2) is 0 Å². The van der Waals surface area contributed by atoms with E-state index >= 15 is 0 Å². The fraction of sp³-hybridized carbons (Fsp3) is 0.231. The van der Waals surface area contributed by atoms with Gasteiger partial charge in [-0.05, 0) is 37.1 Å². The first-order valence-electron chi connectivity index (χ1n) is 5.85. The lowest BCUT2D eigenvalue weighted by molar-refractivity contribution is 0.0696. The summed E-state index contributed by atoms with van der Waals surface area (Å²) in [6, 6.07) is 6.94. The van der Waals surface area contributed by atoms with Gasteiger partial charge in [0.05, 0.1) is 11.4 Å². The number of aromatic nitrogens is 2. The van der Waals surface area contributed by atoms with E-state index in [0.717, 1.165) is 12.8 Å². The average Bonchev–Trinajstić information content (AvgIpc) is 3.14. The monoisotopic (exact) mass is 296 g/mol. The van der Waals surface area contributed by atoms with Crippen molar-refractivity contribution in [1.29, 1.82) is 0 Å². The Morgan fingerprint density at radius 3 is 2.42 bits per heavy atom. The fourth-order valence-corrected chi connectivity index (χ4v) is 2.45. The molecule has 0 atom stereocenters.